The van der Waals surface area contributed by atoms with Crippen LogP contribution in [-0.2, 0) is 9.53 Å². The fraction of sp³-hybridized carbons (Fsp3) is 0.923. The number of hydrogen-bond acceptors (Lipinski definition) is 3. The largest absolute Gasteiger partial charge is 0.466 e. The van der Waals surface area contributed by atoms with Crippen LogP contribution in [0.3, 0.4) is 0 Å². The van der Waals surface area contributed by atoms with Gasteiger partial charge in [0, 0.05) is 6.42 Å². The first-order chi connectivity index (χ1) is 7.81. The van der Waals surface area contributed by atoms with E-state index in [0.717, 1.165) is 38.8 Å². The van der Waals surface area contributed by atoms with Crippen molar-refractivity contribution >= 4 is 5.97 Å². The van der Waals surface area contributed by atoms with Crippen LogP contribution in [0.2, 0.25) is 0 Å². The lowest BCUT2D eigenvalue weighted by atomic mass is 10.2. The highest BCUT2D eigenvalue weighted by atomic mass is 16.5. The van der Waals surface area contributed by atoms with Gasteiger partial charge in [0.1, 0.15) is 0 Å². The summed E-state index contributed by atoms with van der Waals surface area (Å²) >= 11 is 0. The molecule has 96 valence electrons. The van der Waals surface area contributed by atoms with Crippen LogP contribution in [0.4, 0.5) is 0 Å². The molecule has 0 bridgehead atoms. The van der Waals surface area contributed by atoms with E-state index in [2.05, 4.69) is 12.2 Å². The summed E-state index contributed by atoms with van der Waals surface area (Å²) in [6.07, 6.45) is 7.21. The van der Waals surface area contributed by atoms with Gasteiger partial charge in [0.15, 0.2) is 0 Å². The van der Waals surface area contributed by atoms with Crippen LogP contribution < -0.4 is 5.32 Å². The number of esters is 1. The number of carbonyl (C=O) groups excluding carboxylic acids is 1. The van der Waals surface area contributed by atoms with Gasteiger partial charge in [-0.05, 0) is 38.8 Å². The molecule has 0 atom stereocenters. The Morgan fingerprint density at radius 2 is 1.75 bits per heavy atom. The molecule has 0 aliphatic rings. The Kier molecular flexibility index (Phi) is 12.1. The Bertz CT molecular complexity index is 160. The first-order valence-corrected chi connectivity index (χ1v) is 6.67. The Labute approximate surface area is 99.9 Å². The predicted octanol–water partition coefficient (Wildman–Crippen LogP) is 2.89. The molecule has 3 heteroatoms. The fourth-order valence-corrected chi connectivity index (χ4v) is 1.41. The zero-order valence-electron chi connectivity index (χ0n) is 10.9. The summed E-state index contributed by atoms with van der Waals surface area (Å²) < 4.78 is 5.00. The summed E-state index contributed by atoms with van der Waals surface area (Å²) in [5.74, 6) is -0.0409. The summed E-state index contributed by atoms with van der Waals surface area (Å²) in [5, 5.41) is 3.39. The van der Waals surface area contributed by atoms with Gasteiger partial charge >= 0.3 is 5.97 Å². The molecule has 0 amide bonds. The highest BCUT2D eigenvalue weighted by molar-refractivity contribution is 5.69. The SMILES string of the molecule is CCCCNCCCCCC(=O)OCCC. The number of nitrogens with one attached hydrogen (secondary N) is 1. The molecule has 0 saturated carbocycles. The zero-order valence-corrected chi connectivity index (χ0v) is 10.9. The molecular formula is C13H27NO2. The lowest BCUT2D eigenvalue weighted by Gasteiger charge is -2.04. The van der Waals surface area contributed by atoms with Gasteiger partial charge < -0.3 is 10.1 Å². The van der Waals surface area contributed by atoms with Crippen LogP contribution in [-0.4, -0.2) is 25.7 Å². The quantitative estimate of drug-likeness (QED) is 0.437. The predicted molar refractivity (Wildman–Crippen MR) is 67.5 cm³/mol. The Balaban J connectivity index is 3.05. The molecule has 0 rings (SSSR count). The van der Waals surface area contributed by atoms with E-state index in [9.17, 15) is 4.79 Å². The van der Waals surface area contributed by atoms with Crippen molar-refractivity contribution in [2.45, 2.75) is 58.8 Å². The van der Waals surface area contributed by atoms with Crippen molar-refractivity contribution < 1.29 is 9.53 Å². The smallest absolute Gasteiger partial charge is 0.305 e. The molecule has 0 saturated heterocycles. The molecule has 0 heterocycles. The second kappa shape index (κ2) is 12.5. The van der Waals surface area contributed by atoms with E-state index in [1.165, 1.54) is 12.8 Å². The van der Waals surface area contributed by atoms with Gasteiger partial charge in [-0.15, -0.1) is 0 Å². The molecule has 0 aliphatic carbocycles. The molecule has 0 radical (unpaired) electrons. The van der Waals surface area contributed by atoms with Crippen LogP contribution in [0.5, 0.6) is 0 Å². The van der Waals surface area contributed by atoms with Crippen LogP contribution in [0.25, 0.3) is 0 Å². The monoisotopic (exact) mass is 229 g/mol. The normalized spacial score (nSPS) is 10.4. The molecule has 1 N–H and O–H groups in total. The van der Waals surface area contributed by atoms with Gasteiger partial charge in [-0.3, -0.25) is 4.79 Å². The minimum atomic E-state index is -0.0409. The molecule has 16 heavy (non-hydrogen) atoms. The van der Waals surface area contributed by atoms with Crippen molar-refractivity contribution in [3.05, 3.63) is 0 Å². The third-order valence-corrected chi connectivity index (χ3v) is 2.41. The van der Waals surface area contributed by atoms with Crippen LogP contribution in [0.1, 0.15) is 58.8 Å². The maximum atomic E-state index is 11.1. The second-order valence-corrected chi connectivity index (χ2v) is 4.13. The Morgan fingerprint density at radius 1 is 1.00 bits per heavy atom. The van der Waals surface area contributed by atoms with E-state index in [-0.39, 0.29) is 5.97 Å². The molecule has 0 aromatic heterocycles. The summed E-state index contributed by atoms with van der Waals surface area (Å²) in [6.45, 7) is 6.97. The van der Waals surface area contributed by atoms with Crippen molar-refractivity contribution in [2.24, 2.45) is 0 Å². The zero-order chi connectivity index (χ0) is 12.1. The fourth-order valence-electron chi connectivity index (χ4n) is 1.41. The first-order valence-electron chi connectivity index (χ1n) is 6.67. The maximum Gasteiger partial charge on any atom is 0.305 e. The Morgan fingerprint density at radius 3 is 2.44 bits per heavy atom. The van der Waals surface area contributed by atoms with E-state index in [4.69, 9.17) is 4.74 Å². The summed E-state index contributed by atoms with van der Waals surface area (Å²) in [4.78, 5) is 11.1. The minimum Gasteiger partial charge on any atom is -0.466 e. The van der Waals surface area contributed by atoms with Gasteiger partial charge in [0.05, 0.1) is 6.61 Å². The number of carbonyl (C=O) groups is 1. The molecule has 0 fully saturated rings. The highest BCUT2D eigenvalue weighted by Crippen LogP contribution is 2.01. The topological polar surface area (TPSA) is 38.3 Å². The molecular weight excluding hydrogens is 202 g/mol. The summed E-state index contributed by atoms with van der Waals surface area (Å²) in [5.41, 5.74) is 0. The standard InChI is InChI=1S/C13H27NO2/c1-3-5-10-14-11-8-6-7-9-13(15)16-12-4-2/h14H,3-12H2,1-2H3. The maximum absolute atomic E-state index is 11.1. The molecule has 0 aliphatic heterocycles. The molecule has 0 aromatic carbocycles. The summed E-state index contributed by atoms with van der Waals surface area (Å²) in [6, 6.07) is 0. The molecule has 0 unspecified atom stereocenters. The van der Waals surface area contributed by atoms with E-state index >= 15 is 0 Å². The molecule has 0 spiro atoms. The van der Waals surface area contributed by atoms with Gasteiger partial charge in [-0.2, -0.15) is 0 Å². The second-order valence-electron chi connectivity index (χ2n) is 4.13. The van der Waals surface area contributed by atoms with E-state index in [1.54, 1.807) is 0 Å². The van der Waals surface area contributed by atoms with E-state index < -0.39 is 0 Å². The summed E-state index contributed by atoms with van der Waals surface area (Å²) in [7, 11) is 0. The minimum absolute atomic E-state index is 0.0409. The van der Waals surface area contributed by atoms with Gasteiger partial charge in [0.2, 0.25) is 0 Å². The molecule has 3 nitrogen and oxygen atoms in total. The first kappa shape index (κ1) is 15.4. The van der Waals surface area contributed by atoms with Crippen molar-refractivity contribution in [3.8, 4) is 0 Å². The number of hydrogen-bond donors (Lipinski definition) is 1. The van der Waals surface area contributed by atoms with Crippen LogP contribution in [0.15, 0.2) is 0 Å². The lowest BCUT2D eigenvalue weighted by molar-refractivity contribution is -0.143. The average molecular weight is 229 g/mol. The van der Waals surface area contributed by atoms with Crippen molar-refractivity contribution in [1.29, 1.82) is 0 Å². The van der Waals surface area contributed by atoms with Gasteiger partial charge in [0.25, 0.3) is 0 Å². The number of unbranched alkanes of at least 4 members (excludes halogenated alkanes) is 3. The third-order valence-electron chi connectivity index (χ3n) is 2.41. The van der Waals surface area contributed by atoms with Crippen LogP contribution >= 0.6 is 0 Å². The van der Waals surface area contributed by atoms with Crippen LogP contribution in [0, 0.1) is 0 Å². The molecule has 0 aromatic rings. The number of rotatable bonds is 11. The van der Waals surface area contributed by atoms with Gasteiger partial charge in [-0.1, -0.05) is 26.7 Å². The average Bonchev–Trinajstić information content (AvgIpc) is 2.30. The lowest BCUT2D eigenvalue weighted by Crippen LogP contribution is -2.16. The van der Waals surface area contributed by atoms with E-state index in [1.807, 2.05) is 6.92 Å². The number of ether oxygens (including phenoxy) is 1. The highest BCUT2D eigenvalue weighted by Gasteiger charge is 2.00. The Hall–Kier alpha value is -0.570. The van der Waals surface area contributed by atoms with Crippen molar-refractivity contribution in [3.63, 3.8) is 0 Å². The van der Waals surface area contributed by atoms with Crippen molar-refractivity contribution in [2.75, 3.05) is 19.7 Å². The van der Waals surface area contributed by atoms with Crippen molar-refractivity contribution in [1.82, 2.24) is 5.32 Å². The third kappa shape index (κ3) is 11.5. The van der Waals surface area contributed by atoms with E-state index in [0.29, 0.717) is 13.0 Å². The van der Waals surface area contributed by atoms with Gasteiger partial charge in [-0.25, -0.2) is 0 Å².